The zero-order valence-electron chi connectivity index (χ0n) is 22.4. The molecule has 0 aliphatic rings. The summed E-state index contributed by atoms with van der Waals surface area (Å²) in [6.45, 7) is 6.03. The molecular formula is C31H34F2N4OS. The van der Waals surface area contributed by atoms with Gasteiger partial charge >= 0.3 is 0 Å². The second-order valence-corrected chi connectivity index (χ2v) is 10.6. The van der Waals surface area contributed by atoms with Crippen molar-refractivity contribution in [1.82, 2.24) is 14.9 Å². The third-order valence-electron chi connectivity index (χ3n) is 6.46. The van der Waals surface area contributed by atoms with Crippen LogP contribution < -0.4 is 5.32 Å². The van der Waals surface area contributed by atoms with E-state index in [2.05, 4.69) is 33.2 Å². The summed E-state index contributed by atoms with van der Waals surface area (Å²) in [6.07, 6.45) is 5.61. The zero-order valence-corrected chi connectivity index (χ0v) is 23.2. The Bertz CT molecular complexity index is 1350. The molecular weight excluding hydrogens is 514 g/mol. The molecule has 5 nitrogen and oxygen atoms in total. The van der Waals surface area contributed by atoms with Gasteiger partial charge in [0.25, 0.3) is 11.8 Å². The molecule has 39 heavy (non-hydrogen) atoms. The normalized spacial score (nSPS) is 11.6. The summed E-state index contributed by atoms with van der Waals surface area (Å²) in [6, 6.07) is 19.5. The van der Waals surface area contributed by atoms with Gasteiger partial charge in [-0.1, -0.05) is 49.4 Å². The number of nitrogens with one attached hydrogen (secondary N) is 1. The van der Waals surface area contributed by atoms with E-state index >= 15 is 0 Å². The number of rotatable bonds is 13. The number of amides is 1. The predicted octanol–water partition coefficient (Wildman–Crippen LogP) is 7.46. The fourth-order valence-electron chi connectivity index (χ4n) is 4.44. The second kappa shape index (κ2) is 13.5. The van der Waals surface area contributed by atoms with Gasteiger partial charge in [-0.25, -0.2) is 13.8 Å². The third-order valence-corrected chi connectivity index (χ3v) is 7.36. The number of thiazole rings is 1. The first-order valence-electron chi connectivity index (χ1n) is 13.3. The Morgan fingerprint density at radius 2 is 1.82 bits per heavy atom. The van der Waals surface area contributed by atoms with Crippen molar-refractivity contribution in [2.45, 2.75) is 45.5 Å². The lowest BCUT2D eigenvalue weighted by atomic mass is 9.99. The highest BCUT2D eigenvalue weighted by atomic mass is 32.1. The number of aromatic nitrogens is 2. The molecule has 0 fully saturated rings. The Kier molecular flexibility index (Phi) is 9.90. The van der Waals surface area contributed by atoms with Crippen LogP contribution >= 0.6 is 11.3 Å². The quantitative estimate of drug-likeness (QED) is 0.188. The Morgan fingerprint density at radius 3 is 2.59 bits per heavy atom. The maximum Gasteiger partial charge on any atom is 0.275 e. The van der Waals surface area contributed by atoms with Gasteiger partial charge in [-0.2, -0.15) is 0 Å². The highest BCUT2D eigenvalue weighted by Crippen LogP contribution is 2.33. The van der Waals surface area contributed by atoms with E-state index in [-0.39, 0.29) is 11.5 Å². The van der Waals surface area contributed by atoms with Gasteiger partial charge in [-0.3, -0.25) is 9.78 Å². The van der Waals surface area contributed by atoms with Crippen LogP contribution in [0.5, 0.6) is 0 Å². The highest BCUT2D eigenvalue weighted by molar-refractivity contribution is 7.09. The summed E-state index contributed by atoms with van der Waals surface area (Å²) >= 11 is 1.49. The van der Waals surface area contributed by atoms with E-state index in [1.54, 1.807) is 29.6 Å². The molecule has 0 atom stereocenters. The smallest absolute Gasteiger partial charge is 0.275 e. The average molecular weight is 549 g/mol. The number of benzene rings is 2. The number of para-hydroxylation sites is 1. The number of aryl methyl sites for hydroxylation is 1. The molecule has 0 aliphatic heterocycles. The molecule has 0 spiro atoms. The third kappa shape index (κ3) is 8.25. The van der Waals surface area contributed by atoms with Crippen molar-refractivity contribution in [3.05, 3.63) is 100 Å². The Balaban J connectivity index is 1.35. The van der Waals surface area contributed by atoms with Crippen molar-refractivity contribution in [3.8, 4) is 11.1 Å². The number of pyridine rings is 1. The molecule has 4 rings (SSSR count). The number of alkyl halides is 2. The van der Waals surface area contributed by atoms with Crippen LogP contribution in [0, 0.1) is 0 Å². The number of halogens is 2. The number of carbonyl (C=O) groups is 1. The summed E-state index contributed by atoms with van der Waals surface area (Å²) in [4.78, 5) is 24.5. The maximum atomic E-state index is 13.9. The van der Waals surface area contributed by atoms with Gasteiger partial charge in [0.15, 0.2) is 0 Å². The molecule has 2 aromatic heterocycles. The van der Waals surface area contributed by atoms with E-state index < -0.39 is 5.92 Å². The highest BCUT2D eigenvalue weighted by Gasteiger charge is 2.24. The van der Waals surface area contributed by atoms with E-state index in [0.29, 0.717) is 22.5 Å². The van der Waals surface area contributed by atoms with Gasteiger partial charge in [0.2, 0.25) is 0 Å². The van der Waals surface area contributed by atoms with Crippen molar-refractivity contribution in [2.75, 3.05) is 25.0 Å². The van der Waals surface area contributed by atoms with Crippen LogP contribution in [-0.4, -0.2) is 40.4 Å². The first-order valence-corrected chi connectivity index (χ1v) is 14.2. The summed E-state index contributed by atoms with van der Waals surface area (Å²) in [5.74, 6) is -3.26. The summed E-state index contributed by atoms with van der Waals surface area (Å²) in [7, 11) is 0. The lowest BCUT2D eigenvalue weighted by Crippen LogP contribution is -2.28. The molecule has 8 heteroatoms. The monoisotopic (exact) mass is 548 g/mol. The SMILES string of the molecule is CCCN(CCCc1nc(C(=O)Nc2ccccc2-c2cccc(C(C)(F)F)c2)cs1)CCc1ccccn1. The molecule has 204 valence electrons. The van der Waals surface area contributed by atoms with Crippen LogP contribution in [0.2, 0.25) is 0 Å². The fourth-order valence-corrected chi connectivity index (χ4v) is 5.26. The minimum atomic E-state index is -2.95. The predicted molar refractivity (Wildman–Crippen MR) is 155 cm³/mol. The first-order chi connectivity index (χ1) is 18.8. The topological polar surface area (TPSA) is 58.1 Å². The molecule has 0 radical (unpaired) electrons. The number of hydrogen-bond donors (Lipinski definition) is 1. The van der Waals surface area contributed by atoms with Gasteiger partial charge in [-0.05, 0) is 55.8 Å². The molecule has 0 saturated carbocycles. The van der Waals surface area contributed by atoms with Crippen LogP contribution in [0.25, 0.3) is 11.1 Å². The van der Waals surface area contributed by atoms with Gasteiger partial charge in [0.05, 0.1) is 5.01 Å². The van der Waals surface area contributed by atoms with Crippen LogP contribution in [-0.2, 0) is 18.8 Å². The second-order valence-electron chi connectivity index (χ2n) is 9.61. The minimum absolute atomic E-state index is 0.0699. The van der Waals surface area contributed by atoms with Gasteiger partial charge in [0.1, 0.15) is 5.69 Å². The molecule has 0 bridgehead atoms. The van der Waals surface area contributed by atoms with Crippen molar-refractivity contribution < 1.29 is 13.6 Å². The Morgan fingerprint density at radius 1 is 1.00 bits per heavy atom. The van der Waals surface area contributed by atoms with E-state index in [0.717, 1.165) is 62.9 Å². The van der Waals surface area contributed by atoms with Crippen molar-refractivity contribution >= 4 is 22.9 Å². The molecule has 0 aliphatic carbocycles. The number of nitrogens with zero attached hydrogens (tertiary/aromatic N) is 3. The molecule has 4 aromatic rings. The van der Waals surface area contributed by atoms with Gasteiger partial charge in [-0.15, -0.1) is 11.3 Å². The van der Waals surface area contributed by atoms with E-state index in [1.165, 1.54) is 23.5 Å². The zero-order chi connectivity index (χ0) is 27.7. The Labute approximate surface area is 232 Å². The summed E-state index contributed by atoms with van der Waals surface area (Å²) < 4.78 is 27.8. The van der Waals surface area contributed by atoms with E-state index in [9.17, 15) is 13.6 Å². The van der Waals surface area contributed by atoms with Gasteiger partial charge < -0.3 is 10.2 Å². The van der Waals surface area contributed by atoms with E-state index in [1.807, 2.05) is 30.5 Å². The standard InChI is InChI=1S/C31H34F2N4OS/c1-3-18-37(20-16-25-12-6-7-17-34-25)19-9-15-29-35-28(22-39-29)30(38)36-27-14-5-4-13-26(27)23-10-8-11-24(21-23)31(2,32)33/h4-8,10-14,17,21-22H,3,9,15-16,18-20H2,1-2H3,(H,36,38). The molecule has 2 heterocycles. The minimum Gasteiger partial charge on any atom is -0.320 e. The van der Waals surface area contributed by atoms with Crippen molar-refractivity contribution in [2.24, 2.45) is 0 Å². The maximum absolute atomic E-state index is 13.9. The molecule has 0 unspecified atom stereocenters. The number of hydrogen-bond acceptors (Lipinski definition) is 5. The lowest BCUT2D eigenvalue weighted by molar-refractivity contribution is 0.0175. The Hall–Kier alpha value is -3.49. The largest absolute Gasteiger partial charge is 0.320 e. The van der Waals surface area contributed by atoms with Crippen LogP contribution in [0.4, 0.5) is 14.5 Å². The van der Waals surface area contributed by atoms with Gasteiger partial charge in [0, 0.05) is 60.4 Å². The van der Waals surface area contributed by atoms with Crippen molar-refractivity contribution in [1.29, 1.82) is 0 Å². The lowest BCUT2D eigenvalue weighted by Gasteiger charge is -2.21. The fraction of sp³-hybridized carbons (Fsp3) is 0.323. The van der Waals surface area contributed by atoms with Crippen LogP contribution in [0.15, 0.2) is 78.3 Å². The summed E-state index contributed by atoms with van der Waals surface area (Å²) in [5.41, 5.74) is 3.24. The molecule has 1 amide bonds. The summed E-state index contributed by atoms with van der Waals surface area (Å²) in [5, 5.41) is 5.62. The van der Waals surface area contributed by atoms with E-state index in [4.69, 9.17) is 0 Å². The van der Waals surface area contributed by atoms with Crippen LogP contribution in [0.1, 0.15) is 53.4 Å². The van der Waals surface area contributed by atoms with Crippen LogP contribution in [0.3, 0.4) is 0 Å². The molecule has 1 N–H and O–H groups in total. The number of carbonyl (C=O) groups excluding carboxylic acids is 1. The van der Waals surface area contributed by atoms with Crippen molar-refractivity contribution in [3.63, 3.8) is 0 Å². The number of anilines is 1. The first kappa shape index (κ1) is 28.5. The average Bonchev–Trinajstić information content (AvgIpc) is 3.41. The molecule has 0 saturated heterocycles. The molecule has 2 aromatic carbocycles.